The molecule has 0 aliphatic carbocycles. The molecule has 0 unspecified atom stereocenters. The van der Waals surface area contributed by atoms with E-state index in [0.29, 0.717) is 0 Å². The summed E-state index contributed by atoms with van der Waals surface area (Å²) in [6, 6.07) is 17.8. The summed E-state index contributed by atoms with van der Waals surface area (Å²) in [5.41, 5.74) is 0.774. The Bertz CT molecular complexity index is 1420. The van der Waals surface area contributed by atoms with Gasteiger partial charge < -0.3 is 10.2 Å². The van der Waals surface area contributed by atoms with Crippen molar-refractivity contribution in [1.29, 1.82) is 0 Å². The highest BCUT2D eigenvalue weighted by molar-refractivity contribution is 9.10. The minimum absolute atomic E-state index is 0.0422. The van der Waals surface area contributed by atoms with E-state index in [4.69, 9.17) is 0 Å². The van der Waals surface area contributed by atoms with Gasteiger partial charge in [-0.25, -0.2) is 12.8 Å². The Labute approximate surface area is 238 Å². The molecule has 0 bridgehead atoms. The van der Waals surface area contributed by atoms with Crippen molar-refractivity contribution >= 4 is 43.5 Å². The molecule has 10 heteroatoms. The molecular formula is C29H33BrFN3O4S. The molecule has 1 N–H and O–H groups in total. The maximum atomic E-state index is 15.0. The maximum Gasteiger partial charge on any atom is 0.264 e. The third-order valence-corrected chi connectivity index (χ3v) is 8.24. The van der Waals surface area contributed by atoms with Crippen molar-refractivity contribution in [2.45, 2.75) is 57.6 Å². The molecule has 0 saturated heterocycles. The molecule has 0 spiro atoms. The summed E-state index contributed by atoms with van der Waals surface area (Å²) in [4.78, 5) is 28.2. The fourth-order valence-corrected chi connectivity index (χ4v) is 5.53. The predicted molar refractivity (Wildman–Crippen MR) is 154 cm³/mol. The second-order valence-corrected chi connectivity index (χ2v) is 13.1. The van der Waals surface area contributed by atoms with E-state index >= 15 is 0 Å². The number of amides is 2. The number of carbonyl (C=O) groups is 2. The van der Waals surface area contributed by atoms with Crippen molar-refractivity contribution in [3.63, 3.8) is 0 Å². The zero-order chi connectivity index (χ0) is 29.0. The maximum absolute atomic E-state index is 15.0. The number of hydrogen-bond donors (Lipinski definition) is 1. The smallest absolute Gasteiger partial charge is 0.264 e. The van der Waals surface area contributed by atoms with Crippen LogP contribution in [0.1, 0.15) is 38.8 Å². The van der Waals surface area contributed by atoms with Gasteiger partial charge >= 0.3 is 0 Å². The first-order valence-corrected chi connectivity index (χ1v) is 14.6. The van der Waals surface area contributed by atoms with Crippen LogP contribution >= 0.6 is 15.9 Å². The van der Waals surface area contributed by atoms with E-state index in [2.05, 4.69) is 21.2 Å². The molecule has 7 nitrogen and oxygen atoms in total. The summed E-state index contributed by atoms with van der Waals surface area (Å²) >= 11 is 3.39. The summed E-state index contributed by atoms with van der Waals surface area (Å²) in [6.07, 6.45) is 0. The molecule has 39 heavy (non-hydrogen) atoms. The lowest BCUT2D eigenvalue weighted by molar-refractivity contribution is -0.140. The van der Waals surface area contributed by atoms with Gasteiger partial charge in [0.15, 0.2) is 0 Å². The topological polar surface area (TPSA) is 86.8 Å². The Kier molecular flexibility index (Phi) is 9.55. The molecule has 0 saturated carbocycles. The van der Waals surface area contributed by atoms with Gasteiger partial charge in [0.25, 0.3) is 10.0 Å². The lowest BCUT2D eigenvalue weighted by Gasteiger charge is -2.33. The van der Waals surface area contributed by atoms with Gasteiger partial charge in [0.1, 0.15) is 18.4 Å². The van der Waals surface area contributed by atoms with Gasteiger partial charge in [-0.2, -0.15) is 0 Å². The number of nitrogens with zero attached hydrogens (tertiary/aromatic N) is 2. The average molecular weight is 619 g/mol. The monoisotopic (exact) mass is 617 g/mol. The molecule has 0 radical (unpaired) electrons. The third kappa shape index (κ3) is 7.89. The van der Waals surface area contributed by atoms with E-state index in [-0.39, 0.29) is 17.1 Å². The Balaban J connectivity index is 2.04. The number of hydrogen-bond acceptors (Lipinski definition) is 4. The van der Waals surface area contributed by atoms with Gasteiger partial charge in [-0.05, 0) is 76.6 Å². The molecule has 0 heterocycles. The van der Waals surface area contributed by atoms with Crippen LogP contribution in [0.15, 0.2) is 82.2 Å². The van der Waals surface area contributed by atoms with Crippen LogP contribution in [-0.4, -0.2) is 43.3 Å². The van der Waals surface area contributed by atoms with Gasteiger partial charge in [0, 0.05) is 16.6 Å². The number of halogens is 2. The summed E-state index contributed by atoms with van der Waals surface area (Å²) < 4.78 is 44.1. The normalized spacial score (nSPS) is 12.5. The summed E-state index contributed by atoms with van der Waals surface area (Å²) in [5.74, 6) is -1.85. The highest BCUT2D eigenvalue weighted by Gasteiger charge is 2.34. The molecule has 0 aliphatic heterocycles. The fraction of sp³-hybridized carbons (Fsp3) is 0.310. The van der Waals surface area contributed by atoms with Crippen LogP contribution in [0.2, 0.25) is 0 Å². The first-order valence-electron chi connectivity index (χ1n) is 12.4. The number of rotatable bonds is 9. The Morgan fingerprint density at radius 2 is 1.56 bits per heavy atom. The van der Waals surface area contributed by atoms with E-state index in [9.17, 15) is 22.4 Å². The largest absolute Gasteiger partial charge is 0.350 e. The van der Waals surface area contributed by atoms with Crippen LogP contribution in [0, 0.1) is 12.7 Å². The van der Waals surface area contributed by atoms with Crippen molar-refractivity contribution < 1.29 is 22.4 Å². The zero-order valence-corrected chi connectivity index (χ0v) is 25.0. The number of sulfonamides is 1. The Morgan fingerprint density at radius 3 is 2.13 bits per heavy atom. The lowest BCUT2D eigenvalue weighted by Crippen LogP contribution is -2.54. The summed E-state index contributed by atoms with van der Waals surface area (Å²) in [5, 5.41) is 2.87. The van der Waals surface area contributed by atoms with Crippen LogP contribution in [0.4, 0.5) is 10.1 Å². The quantitative estimate of drug-likeness (QED) is 0.347. The minimum atomic E-state index is -4.34. The van der Waals surface area contributed by atoms with Crippen LogP contribution in [0.5, 0.6) is 0 Å². The molecule has 1 atom stereocenters. The molecule has 3 rings (SSSR count). The van der Waals surface area contributed by atoms with E-state index in [0.717, 1.165) is 26.0 Å². The highest BCUT2D eigenvalue weighted by Crippen LogP contribution is 2.27. The molecule has 0 aromatic heterocycles. The van der Waals surface area contributed by atoms with E-state index in [1.165, 1.54) is 35.2 Å². The first kappa shape index (κ1) is 30.3. The van der Waals surface area contributed by atoms with Crippen LogP contribution in [-0.2, 0) is 26.2 Å². The van der Waals surface area contributed by atoms with Crippen molar-refractivity contribution in [2.75, 3.05) is 10.8 Å². The van der Waals surface area contributed by atoms with Crippen LogP contribution < -0.4 is 9.62 Å². The lowest BCUT2D eigenvalue weighted by atomic mass is 10.1. The average Bonchev–Trinajstić information content (AvgIpc) is 2.86. The van der Waals surface area contributed by atoms with Crippen molar-refractivity contribution in [1.82, 2.24) is 10.2 Å². The summed E-state index contributed by atoms with van der Waals surface area (Å²) in [7, 11) is -4.34. The van der Waals surface area contributed by atoms with Crippen LogP contribution in [0.25, 0.3) is 0 Å². The van der Waals surface area contributed by atoms with E-state index in [1.54, 1.807) is 31.2 Å². The van der Waals surface area contributed by atoms with Gasteiger partial charge in [0.2, 0.25) is 11.8 Å². The number of anilines is 1. The standard InChI is InChI=1S/C29H33BrFN3O4S/c1-20-10-16-24(17-11-20)39(37,38)34(26-9-7-6-8-25(26)31)19-27(35)33(18-22-12-14-23(30)15-13-22)21(2)28(36)32-29(3,4)5/h6-17,21H,18-19H2,1-5H3,(H,32,36)/t21-/m1/s1. The SMILES string of the molecule is Cc1ccc(S(=O)(=O)N(CC(=O)N(Cc2ccc(Br)cc2)[C@H](C)C(=O)NC(C)(C)C)c2ccccc2F)cc1. The highest BCUT2D eigenvalue weighted by atomic mass is 79.9. The Hall–Kier alpha value is -3.24. The van der Waals surface area contributed by atoms with Gasteiger partial charge in [0.05, 0.1) is 10.6 Å². The number of nitrogens with one attached hydrogen (secondary N) is 1. The number of carbonyl (C=O) groups excluding carboxylic acids is 2. The molecular weight excluding hydrogens is 585 g/mol. The van der Waals surface area contributed by atoms with Gasteiger partial charge in [-0.15, -0.1) is 0 Å². The number of para-hydroxylation sites is 1. The van der Waals surface area contributed by atoms with Crippen molar-refractivity contribution in [2.24, 2.45) is 0 Å². The minimum Gasteiger partial charge on any atom is -0.350 e. The second-order valence-electron chi connectivity index (χ2n) is 10.3. The van der Waals surface area contributed by atoms with Crippen molar-refractivity contribution in [3.8, 4) is 0 Å². The molecule has 0 aliphatic rings. The first-order chi connectivity index (χ1) is 18.2. The summed E-state index contributed by atoms with van der Waals surface area (Å²) in [6.45, 7) is 8.21. The molecule has 208 valence electrons. The van der Waals surface area contributed by atoms with Crippen LogP contribution in [0.3, 0.4) is 0 Å². The van der Waals surface area contributed by atoms with Gasteiger partial charge in [-0.1, -0.05) is 57.9 Å². The predicted octanol–water partition coefficient (Wildman–Crippen LogP) is 5.42. The second kappa shape index (κ2) is 12.3. The molecule has 2 amide bonds. The van der Waals surface area contributed by atoms with E-state index in [1.807, 2.05) is 39.8 Å². The number of aryl methyl sites for hydroxylation is 1. The number of benzene rings is 3. The van der Waals surface area contributed by atoms with Crippen molar-refractivity contribution in [3.05, 3.63) is 94.2 Å². The van der Waals surface area contributed by atoms with E-state index < -0.39 is 45.8 Å². The molecule has 0 fully saturated rings. The third-order valence-electron chi connectivity index (χ3n) is 5.94. The van der Waals surface area contributed by atoms with Gasteiger partial charge in [-0.3, -0.25) is 13.9 Å². The zero-order valence-electron chi connectivity index (χ0n) is 22.6. The fourth-order valence-electron chi connectivity index (χ4n) is 3.85. The Morgan fingerprint density at radius 1 is 0.974 bits per heavy atom. The molecule has 3 aromatic rings. The molecule has 3 aromatic carbocycles.